The van der Waals surface area contributed by atoms with E-state index in [9.17, 15) is 14.4 Å². The Labute approximate surface area is 252 Å². The number of hydrogen-bond acceptors (Lipinski definition) is 9. The summed E-state index contributed by atoms with van der Waals surface area (Å²) in [5.41, 5.74) is 2.64. The summed E-state index contributed by atoms with van der Waals surface area (Å²) in [7, 11) is 1.58. The molecule has 0 spiro atoms. The number of aromatic nitrogens is 1. The number of carbonyl (C=O) groups is 2. The summed E-state index contributed by atoms with van der Waals surface area (Å²) in [6, 6.07) is 22.9. The number of ether oxygens (including phenoxy) is 4. The van der Waals surface area contributed by atoms with Crippen LogP contribution in [0.5, 0.6) is 11.5 Å². The second kappa shape index (κ2) is 13.3. The molecule has 220 valence electrons. The zero-order valence-corrected chi connectivity index (χ0v) is 24.8. The molecule has 0 bridgehead atoms. The third-order valence-corrected chi connectivity index (χ3v) is 7.63. The minimum Gasteiger partial charge on any atom is -0.497 e. The van der Waals surface area contributed by atoms with E-state index < -0.39 is 18.0 Å². The molecule has 5 rings (SSSR count). The number of fused-ring (bicyclic) bond motifs is 1. The molecule has 0 saturated heterocycles. The molecule has 1 aliphatic heterocycles. The van der Waals surface area contributed by atoms with Crippen molar-refractivity contribution in [3.63, 3.8) is 0 Å². The number of nitrogens with zero attached hydrogens (tertiary/aromatic N) is 2. The molecule has 3 aromatic carbocycles. The van der Waals surface area contributed by atoms with Crippen LogP contribution in [-0.4, -0.2) is 43.4 Å². The number of rotatable bonds is 10. The maximum atomic E-state index is 14.0. The van der Waals surface area contributed by atoms with Crippen LogP contribution in [0.25, 0.3) is 11.8 Å². The van der Waals surface area contributed by atoms with Crippen LogP contribution in [0.2, 0.25) is 0 Å². The molecular weight excluding hydrogens is 568 g/mol. The lowest BCUT2D eigenvalue weighted by Crippen LogP contribution is -2.40. The summed E-state index contributed by atoms with van der Waals surface area (Å²) < 4.78 is 23.2. The van der Waals surface area contributed by atoms with Crippen LogP contribution in [0.1, 0.15) is 36.6 Å². The van der Waals surface area contributed by atoms with Crippen molar-refractivity contribution < 1.29 is 28.5 Å². The van der Waals surface area contributed by atoms with Gasteiger partial charge in [-0.2, -0.15) is 0 Å². The lowest BCUT2D eigenvalue weighted by Gasteiger charge is -2.26. The second-order valence-corrected chi connectivity index (χ2v) is 10.4. The third-order valence-electron chi connectivity index (χ3n) is 6.65. The number of thiazole rings is 1. The maximum Gasteiger partial charge on any atom is 0.344 e. The quantitative estimate of drug-likeness (QED) is 0.255. The third kappa shape index (κ3) is 6.44. The molecule has 0 unspecified atom stereocenters. The molecule has 1 atom stereocenters. The summed E-state index contributed by atoms with van der Waals surface area (Å²) in [5, 5.41) is 0. The van der Waals surface area contributed by atoms with Crippen LogP contribution in [0.4, 0.5) is 0 Å². The highest BCUT2D eigenvalue weighted by atomic mass is 32.1. The van der Waals surface area contributed by atoms with E-state index in [1.807, 2.05) is 42.5 Å². The number of benzene rings is 3. The number of esters is 2. The number of carbonyl (C=O) groups excluding carboxylic acids is 2. The number of methoxy groups -OCH3 is 1. The van der Waals surface area contributed by atoms with E-state index >= 15 is 0 Å². The molecule has 0 aliphatic carbocycles. The molecule has 4 aromatic rings. The predicted octanol–water partition coefficient (Wildman–Crippen LogP) is 3.89. The van der Waals surface area contributed by atoms with Crippen LogP contribution < -0.4 is 24.4 Å². The van der Waals surface area contributed by atoms with Crippen LogP contribution in [-0.2, 0) is 19.1 Å². The van der Waals surface area contributed by atoms with Gasteiger partial charge in [-0.25, -0.2) is 14.6 Å². The van der Waals surface area contributed by atoms with E-state index in [0.717, 1.165) is 11.1 Å². The molecule has 9 nitrogen and oxygen atoms in total. The molecule has 0 radical (unpaired) electrons. The molecule has 2 heterocycles. The Morgan fingerprint density at radius 1 is 0.907 bits per heavy atom. The van der Waals surface area contributed by atoms with Crippen molar-refractivity contribution in [1.82, 2.24) is 4.57 Å². The largest absolute Gasteiger partial charge is 0.497 e. The van der Waals surface area contributed by atoms with E-state index in [0.29, 0.717) is 32.1 Å². The summed E-state index contributed by atoms with van der Waals surface area (Å²) in [6.07, 6.45) is 1.76. The van der Waals surface area contributed by atoms with Crippen molar-refractivity contribution in [1.29, 1.82) is 0 Å². The van der Waals surface area contributed by atoms with Gasteiger partial charge in [-0.15, -0.1) is 0 Å². The zero-order valence-electron chi connectivity index (χ0n) is 23.9. The van der Waals surface area contributed by atoms with Crippen molar-refractivity contribution >= 4 is 35.0 Å². The molecule has 1 aliphatic rings. The molecule has 43 heavy (non-hydrogen) atoms. The Kier molecular flexibility index (Phi) is 9.17. The van der Waals surface area contributed by atoms with E-state index in [1.165, 1.54) is 11.3 Å². The fourth-order valence-corrected chi connectivity index (χ4v) is 5.70. The van der Waals surface area contributed by atoms with Gasteiger partial charge in [0.1, 0.15) is 11.5 Å². The first-order valence-corrected chi connectivity index (χ1v) is 14.6. The normalized spacial score (nSPS) is 14.5. The molecule has 10 heteroatoms. The van der Waals surface area contributed by atoms with Gasteiger partial charge in [-0.3, -0.25) is 9.36 Å². The standard InChI is InChI=1S/C33H30N2O7S/c1-4-40-27(36)20-42-25-15-11-21(12-16-25)19-26-31(37)35-30(23-13-17-24(39-3)18-14-23)28(32(38)41-5-2)29(34-33(35)43-26)22-9-7-6-8-10-22/h6-19,30H,4-5,20H2,1-3H3/b26-19-/t30-/m0/s1. The van der Waals surface area contributed by atoms with Crippen LogP contribution in [0.3, 0.4) is 0 Å². The Bertz CT molecular complexity index is 1820. The monoisotopic (exact) mass is 598 g/mol. The first kappa shape index (κ1) is 29.5. The summed E-state index contributed by atoms with van der Waals surface area (Å²) in [6.45, 7) is 3.74. The fourth-order valence-electron chi connectivity index (χ4n) is 4.70. The lowest BCUT2D eigenvalue weighted by molar-refractivity contribution is -0.145. The van der Waals surface area contributed by atoms with E-state index in [4.69, 9.17) is 23.9 Å². The first-order valence-electron chi connectivity index (χ1n) is 13.7. The highest BCUT2D eigenvalue weighted by Crippen LogP contribution is 2.35. The summed E-state index contributed by atoms with van der Waals surface area (Å²) in [5.74, 6) is 0.156. The van der Waals surface area contributed by atoms with Crippen LogP contribution in [0.15, 0.2) is 94.2 Å². The van der Waals surface area contributed by atoms with Gasteiger partial charge in [-0.1, -0.05) is 65.9 Å². The lowest BCUT2D eigenvalue weighted by atomic mass is 9.93. The SMILES string of the molecule is CCOC(=O)COc1ccc(/C=c2\sc3n(c2=O)[C@@H](c2ccc(OC)cc2)C(C(=O)OCC)=C(c2ccccc2)N=3)cc1. The molecule has 0 saturated carbocycles. The van der Waals surface area contributed by atoms with Crippen molar-refractivity contribution in [3.05, 3.63) is 121 Å². The summed E-state index contributed by atoms with van der Waals surface area (Å²) in [4.78, 5) is 44.5. The average molecular weight is 599 g/mol. The van der Waals surface area contributed by atoms with Gasteiger partial charge in [0.2, 0.25) is 0 Å². The zero-order chi connectivity index (χ0) is 30.3. The molecule has 0 amide bonds. The van der Waals surface area contributed by atoms with Gasteiger partial charge in [0, 0.05) is 5.56 Å². The molecule has 0 fully saturated rings. The molecule has 0 N–H and O–H groups in total. The van der Waals surface area contributed by atoms with Gasteiger partial charge in [0.25, 0.3) is 5.56 Å². The molecule has 1 aromatic heterocycles. The van der Waals surface area contributed by atoms with Crippen molar-refractivity contribution in [3.8, 4) is 11.5 Å². The molecular formula is C33H30N2O7S. The fraction of sp³-hybridized carbons (Fsp3) is 0.212. The average Bonchev–Trinajstić information content (AvgIpc) is 3.34. The highest BCUT2D eigenvalue weighted by Gasteiger charge is 2.35. The van der Waals surface area contributed by atoms with E-state index in [2.05, 4.69) is 0 Å². The Hall–Kier alpha value is -4.96. The van der Waals surface area contributed by atoms with Crippen molar-refractivity contribution in [2.24, 2.45) is 4.99 Å². The Balaban J connectivity index is 1.63. The van der Waals surface area contributed by atoms with Crippen LogP contribution in [0, 0.1) is 0 Å². The predicted molar refractivity (Wildman–Crippen MR) is 163 cm³/mol. The topological polar surface area (TPSA) is 105 Å². The maximum absolute atomic E-state index is 14.0. The summed E-state index contributed by atoms with van der Waals surface area (Å²) >= 11 is 1.24. The Morgan fingerprint density at radius 3 is 2.23 bits per heavy atom. The number of hydrogen-bond donors (Lipinski definition) is 0. The highest BCUT2D eigenvalue weighted by molar-refractivity contribution is 7.07. The van der Waals surface area contributed by atoms with Gasteiger partial charge in [-0.05, 0) is 55.3 Å². The van der Waals surface area contributed by atoms with E-state index in [-0.39, 0.29) is 31.0 Å². The Morgan fingerprint density at radius 2 is 1.58 bits per heavy atom. The van der Waals surface area contributed by atoms with Gasteiger partial charge in [0.05, 0.1) is 42.2 Å². The van der Waals surface area contributed by atoms with Crippen molar-refractivity contribution in [2.45, 2.75) is 19.9 Å². The van der Waals surface area contributed by atoms with Crippen molar-refractivity contribution in [2.75, 3.05) is 26.9 Å². The van der Waals surface area contributed by atoms with E-state index in [1.54, 1.807) is 68.0 Å². The van der Waals surface area contributed by atoms with Gasteiger partial charge < -0.3 is 18.9 Å². The minimum atomic E-state index is -0.780. The van der Waals surface area contributed by atoms with Gasteiger partial charge >= 0.3 is 11.9 Å². The smallest absolute Gasteiger partial charge is 0.344 e. The van der Waals surface area contributed by atoms with Gasteiger partial charge in [0.15, 0.2) is 11.4 Å². The minimum absolute atomic E-state index is 0.170. The second-order valence-electron chi connectivity index (χ2n) is 9.37. The first-order chi connectivity index (χ1) is 20.9. The van der Waals surface area contributed by atoms with Crippen LogP contribution >= 0.6 is 11.3 Å².